The van der Waals surface area contributed by atoms with Crippen LogP contribution in [0.4, 0.5) is 0 Å². The highest BCUT2D eigenvalue weighted by Gasteiger charge is 2.08. The number of unbranched alkanes of at least 4 members (excludes halogenated alkanes) is 1. The normalized spacial score (nSPS) is 11.1. The molecule has 3 nitrogen and oxygen atoms in total. The fourth-order valence-electron chi connectivity index (χ4n) is 2.26. The monoisotopic (exact) mass is 264 g/mol. The van der Waals surface area contributed by atoms with Crippen LogP contribution in [0.3, 0.4) is 0 Å². The van der Waals surface area contributed by atoms with Gasteiger partial charge in [-0.3, -0.25) is 4.98 Å². The van der Waals surface area contributed by atoms with Gasteiger partial charge < -0.3 is 10.1 Å². The Morgan fingerprint density at radius 3 is 2.63 bits per heavy atom. The van der Waals surface area contributed by atoms with Gasteiger partial charge in [0.25, 0.3) is 0 Å². The summed E-state index contributed by atoms with van der Waals surface area (Å²) in [5, 5.41) is 3.47. The van der Waals surface area contributed by atoms with Crippen molar-refractivity contribution in [2.24, 2.45) is 5.92 Å². The third kappa shape index (κ3) is 5.19. The highest BCUT2D eigenvalue weighted by molar-refractivity contribution is 5.41. The van der Waals surface area contributed by atoms with E-state index < -0.39 is 0 Å². The van der Waals surface area contributed by atoms with E-state index in [-0.39, 0.29) is 0 Å². The summed E-state index contributed by atoms with van der Waals surface area (Å²) in [6.07, 6.45) is 5.32. The van der Waals surface area contributed by atoms with Gasteiger partial charge in [-0.15, -0.1) is 0 Å². The second kappa shape index (κ2) is 8.16. The summed E-state index contributed by atoms with van der Waals surface area (Å²) in [7, 11) is 1.73. The van der Waals surface area contributed by atoms with E-state index >= 15 is 0 Å². The van der Waals surface area contributed by atoms with Crippen molar-refractivity contribution in [1.29, 1.82) is 0 Å². The summed E-state index contributed by atoms with van der Waals surface area (Å²) in [5.74, 6) is 1.72. The van der Waals surface area contributed by atoms with Gasteiger partial charge in [-0.1, -0.05) is 13.8 Å². The quantitative estimate of drug-likeness (QED) is 0.732. The zero-order valence-corrected chi connectivity index (χ0v) is 13.0. The van der Waals surface area contributed by atoms with E-state index in [2.05, 4.69) is 31.1 Å². The molecule has 0 aliphatic rings. The van der Waals surface area contributed by atoms with E-state index in [4.69, 9.17) is 4.74 Å². The molecule has 0 saturated heterocycles. The molecule has 0 spiro atoms. The van der Waals surface area contributed by atoms with Gasteiger partial charge in [-0.25, -0.2) is 0 Å². The first kappa shape index (κ1) is 16.0. The fraction of sp³-hybridized carbons (Fsp3) is 0.688. The number of hydrogen-bond donors (Lipinski definition) is 1. The highest BCUT2D eigenvalue weighted by Crippen LogP contribution is 2.24. The van der Waals surface area contributed by atoms with Crippen molar-refractivity contribution in [3.63, 3.8) is 0 Å². The largest absolute Gasteiger partial charge is 0.496 e. The molecule has 0 unspecified atom stereocenters. The Kier molecular flexibility index (Phi) is 6.85. The Labute approximate surface area is 117 Å². The molecule has 0 radical (unpaired) electrons. The SMILES string of the molecule is COc1c(C)cnc(CCCCNCC(C)C)c1C. The lowest BCUT2D eigenvalue weighted by Crippen LogP contribution is -2.20. The second-order valence-electron chi connectivity index (χ2n) is 5.60. The summed E-state index contributed by atoms with van der Waals surface area (Å²) in [6, 6.07) is 0. The molecular weight excluding hydrogens is 236 g/mol. The molecule has 1 N–H and O–H groups in total. The van der Waals surface area contributed by atoms with Gasteiger partial charge in [0.15, 0.2) is 0 Å². The van der Waals surface area contributed by atoms with Gasteiger partial charge >= 0.3 is 0 Å². The van der Waals surface area contributed by atoms with Crippen LogP contribution in [0, 0.1) is 19.8 Å². The molecule has 0 amide bonds. The topological polar surface area (TPSA) is 34.1 Å². The van der Waals surface area contributed by atoms with E-state index in [0.717, 1.165) is 36.7 Å². The lowest BCUT2D eigenvalue weighted by atomic mass is 10.1. The third-order valence-corrected chi connectivity index (χ3v) is 3.32. The van der Waals surface area contributed by atoms with Crippen LogP contribution >= 0.6 is 0 Å². The lowest BCUT2D eigenvalue weighted by Gasteiger charge is -2.12. The lowest BCUT2D eigenvalue weighted by molar-refractivity contribution is 0.406. The Morgan fingerprint density at radius 2 is 2.00 bits per heavy atom. The number of hydrogen-bond acceptors (Lipinski definition) is 3. The predicted molar refractivity (Wildman–Crippen MR) is 80.9 cm³/mol. The van der Waals surface area contributed by atoms with E-state index in [0.29, 0.717) is 0 Å². The maximum Gasteiger partial charge on any atom is 0.128 e. The molecule has 0 aliphatic carbocycles. The van der Waals surface area contributed by atoms with Gasteiger partial charge in [0.2, 0.25) is 0 Å². The maximum absolute atomic E-state index is 5.44. The predicted octanol–water partition coefficient (Wildman–Crippen LogP) is 3.28. The first-order chi connectivity index (χ1) is 9.06. The highest BCUT2D eigenvalue weighted by atomic mass is 16.5. The molecule has 108 valence electrons. The summed E-state index contributed by atoms with van der Waals surface area (Å²) < 4.78 is 5.44. The molecule has 0 bridgehead atoms. The van der Waals surface area contributed by atoms with E-state index in [1.807, 2.05) is 13.1 Å². The molecule has 3 heteroatoms. The first-order valence-corrected chi connectivity index (χ1v) is 7.26. The van der Waals surface area contributed by atoms with Crippen LogP contribution in [0.2, 0.25) is 0 Å². The number of ether oxygens (including phenoxy) is 1. The Hall–Kier alpha value is -1.09. The number of methoxy groups -OCH3 is 1. The van der Waals surface area contributed by atoms with Gasteiger partial charge in [-0.2, -0.15) is 0 Å². The molecule has 0 aromatic carbocycles. The first-order valence-electron chi connectivity index (χ1n) is 7.26. The fourth-order valence-corrected chi connectivity index (χ4v) is 2.26. The van der Waals surface area contributed by atoms with Crippen LogP contribution in [0.5, 0.6) is 5.75 Å². The standard InChI is InChI=1S/C16H28N2O/c1-12(2)10-17-9-7-6-8-15-14(4)16(19-5)13(3)11-18-15/h11-12,17H,6-10H2,1-5H3. The van der Waals surface area contributed by atoms with Crippen LogP contribution in [-0.4, -0.2) is 25.2 Å². The molecule has 1 rings (SSSR count). The number of rotatable bonds is 8. The van der Waals surface area contributed by atoms with Crippen LogP contribution in [-0.2, 0) is 6.42 Å². The molecule has 1 aromatic rings. The summed E-state index contributed by atoms with van der Waals surface area (Å²) in [4.78, 5) is 4.53. The molecule has 0 aliphatic heterocycles. The maximum atomic E-state index is 5.44. The smallest absolute Gasteiger partial charge is 0.128 e. The van der Waals surface area contributed by atoms with Crippen LogP contribution in [0.25, 0.3) is 0 Å². The molecule has 1 aromatic heterocycles. The van der Waals surface area contributed by atoms with E-state index in [1.54, 1.807) is 7.11 Å². The van der Waals surface area contributed by atoms with Gasteiger partial charge in [0.05, 0.1) is 7.11 Å². The number of aromatic nitrogens is 1. The molecule has 19 heavy (non-hydrogen) atoms. The van der Waals surface area contributed by atoms with Crippen molar-refractivity contribution in [3.05, 3.63) is 23.0 Å². The Balaban J connectivity index is 2.38. The van der Waals surface area contributed by atoms with Gasteiger partial charge in [0, 0.05) is 23.0 Å². The average molecular weight is 264 g/mol. The van der Waals surface area contributed by atoms with Crippen molar-refractivity contribution < 1.29 is 4.74 Å². The summed E-state index contributed by atoms with van der Waals surface area (Å²) in [5.41, 5.74) is 3.48. The zero-order chi connectivity index (χ0) is 14.3. The van der Waals surface area contributed by atoms with Crippen molar-refractivity contribution in [2.45, 2.75) is 47.0 Å². The molecule has 0 fully saturated rings. The van der Waals surface area contributed by atoms with E-state index in [1.165, 1.54) is 24.1 Å². The second-order valence-corrected chi connectivity index (χ2v) is 5.60. The zero-order valence-electron chi connectivity index (χ0n) is 13.0. The van der Waals surface area contributed by atoms with Crippen LogP contribution < -0.4 is 10.1 Å². The van der Waals surface area contributed by atoms with Gasteiger partial charge in [-0.05, 0) is 52.1 Å². The third-order valence-electron chi connectivity index (χ3n) is 3.32. The van der Waals surface area contributed by atoms with Crippen LogP contribution in [0.15, 0.2) is 6.20 Å². The molecule has 0 atom stereocenters. The summed E-state index contributed by atoms with van der Waals surface area (Å²) >= 11 is 0. The van der Waals surface area contributed by atoms with Crippen molar-refractivity contribution in [3.8, 4) is 5.75 Å². The molecule has 1 heterocycles. The number of pyridine rings is 1. The minimum atomic E-state index is 0.727. The van der Waals surface area contributed by atoms with Crippen molar-refractivity contribution in [1.82, 2.24) is 10.3 Å². The molecule has 0 saturated carbocycles. The Bertz CT molecular complexity index is 389. The van der Waals surface area contributed by atoms with Crippen LogP contribution in [0.1, 0.15) is 43.5 Å². The summed E-state index contributed by atoms with van der Waals surface area (Å²) in [6.45, 7) is 10.8. The number of aryl methyl sites for hydroxylation is 2. The minimum absolute atomic E-state index is 0.727. The van der Waals surface area contributed by atoms with Gasteiger partial charge in [0.1, 0.15) is 5.75 Å². The van der Waals surface area contributed by atoms with Crippen molar-refractivity contribution >= 4 is 0 Å². The average Bonchev–Trinajstić information content (AvgIpc) is 2.36. The Morgan fingerprint density at radius 1 is 1.26 bits per heavy atom. The minimum Gasteiger partial charge on any atom is -0.496 e. The van der Waals surface area contributed by atoms with Crippen molar-refractivity contribution in [2.75, 3.05) is 20.2 Å². The molecular formula is C16H28N2O. The van der Waals surface area contributed by atoms with E-state index in [9.17, 15) is 0 Å². The number of nitrogens with zero attached hydrogens (tertiary/aromatic N) is 1. The number of nitrogens with one attached hydrogen (secondary N) is 1.